The van der Waals surface area contributed by atoms with E-state index in [9.17, 15) is 9.90 Å². The monoisotopic (exact) mass is 257 g/mol. The number of hydrogen-bond acceptors (Lipinski definition) is 4. The van der Waals surface area contributed by atoms with Crippen LogP contribution in [0.15, 0.2) is 0 Å². The minimum atomic E-state index is -1.67. The molecule has 1 saturated heterocycles. The Morgan fingerprint density at radius 2 is 2.06 bits per heavy atom. The highest BCUT2D eigenvalue weighted by Gasteiger charge is 2.42. The zero-order chi connectivity index (χ0) is 13.2. The quantitative estimate of drug-likeness (QED) is 0.746. The summed E-state index contributed by atoms with van der Waals surface area (Å²) in [6, 6.07) is 0. The van der Waals surface area contributed by atoms with E-state index >= 15 is 0 Å². The first-order valence-electron chi connectivity index (χ1n) is 6.76. The second-order valence-electron chi connectivity index (χ2n) is 5.75. The number of hydrogen-bond donors (Lipinski definition) is 2. The van der Waals surface area contributed by atoms with Crippen LogP contribution in [-0.4, -0.2) is 58.5 Å². The molecule has 1 aliphatic carbocycles. The van der Waals surface area contributed by atoms with Gasteiger partial charge in [0.25, 0.3) is 5.91 Å². The molecule has 1 unspecified atom stereocenters. The first kappa shape index (κ1) is 13.8. The van der Waals surface area contributed by atoms with Crippen molar-refractivity contribution in [3.05, 3.63) is 0 Å². The average molecular weight is 257 g/mol. The van der Waals surface area contributed by atoms with Crippen LogP contribution in [0.5, 0.6) is 0 Å². The Bertz CT molecular complexity index is 305. The van der Waals surface area contributed by atoms with E-state index in [0.29, 0.717) is 19.7 Å². The topological polar surface area (TPSA) is 70.0 Å². The van der Waals surface area contributed by atoms with Gasteiger partial charge in [-0.1, -0.05) is 19.3 Å². The van der Waals surface area contributed by atoms with Gasteiger partial charge in [-0.15, -0.1) is 0 Å². The Labute approximate surface area is 108 Å². The predicted molar refractivity (Wildman–Crippen MR) is 66.1 cm³/mol. The number of aliphatic hydroxyl groups excluding tert-OH is 1. The fourth-order valence-electron chi connectivity index (χ4n) is 2.93. The Balaban J connectivity index is 2.04. The van der Waals surface area contributed by atoms with Crippen LogP contribution in [0.3, 0.4) is 0 Å². The van der Waals surface area contributed by atoms with E-state index < -0.39 is 18.1 Å². The fraction of sp³-hybridized carbons (Fsp3) is 0.923. The second-order valence-corrected chi connectivity index (χ2v) is 5.75. The highest BCUT2D eigenvalue weighted by Crippen LogP contribution is 2.34. The number of aliphatic hydroxyl groups is 2. The lowest BCUT2D eigenvalue weighted by Gasteiger charge is -2.46. The third kappa shape index (κ3) is 2.68. The highest BCUT2D eigenvalue weighted by atomic mass is 16.5. The number of nitrogens with zero attached hydrogens (tertiary/aromatic N) is 1. The molecule has 1 aliphatic heterocycles. The summed E-state index contributed by atoms with van der Waals surface area (Å²) in [5, 5.41) is 18.9. The molecule has 0 aromatic heterocycles. The summed E-state index contributed by atoms with van der Waals surface area (Å²) >= 11 is 0. The molecule has 0 radical (unpaired) electrons. The van der Waals surface area contributed by atoms with Gasteiger partial charge in [0, 0.05) is 13.1 Å². The van der Waals surface area contributed by atoms with E-state index in [0.717, 1.165) is 25.7 Å². The van der Waals surface area contributed by atoms with Crippen LogP contribution < -0.4 is 0 Å². The molecule has 5 nitrogen and oxygen atoms in total. The van der Waals surface area contributed by atoms with E-state index in [-0.39, 0.29) is 5.60 Å². The van der Waals surface area contributed by atoms with E-state index in [1.165, 1.54) is 13.3 Å². The van der Waals surface area contributed by atoms with Gasteiger partial charge in [0.2, 0.25) is 0 Å². The molecule has 1 saturated carbocycles. The van der Waals surface area contributed by atoms with Crippen LogP contribution in [0.1, 0.15) is 39.0 Å². The molecule has 1 spiro atoms. The van der Waals surface area contributed by atoms with Crippen LogP contribution >= 0.6 is 0 Å². The zero-order valence-electron chi connectivity index (χ0n) is 11.0. The number of ether oxygens (including phenoxy) is 1. The van der Waals surface area contributed by atoms with Gasteiger partial charge in [-0.25, -0.2) is 0 Å². The molecule has 2 aliphatic rings. The summed E-state index contributed by atoms with van der Waals surface area (Å²) in [6.07, 6.45) is 5.47. The van der Waals surface area contributed by atoms with Gasteiger partial charge < -0.3 is 19.8 Å². The molecule has 1 amide bonds. The Morgan fingerprint density at radius 1 is 1.39 bits per heavy atom. The molecule has 2 rings (SSSR count). The summed E-state index contributed by atoms with van der Waals surface area (Å²) in [5.41, 5.74) is -1.88. The van der Waals surface area contributed by atoms with Crippen molar-refractivity contribution in [3.63, 3.8) is 0 Å². The highest BCUT2D eigenvalue weighted by molar-refractivity contribution is 5.84. The second kappa shape index (κ2) is 5.15. The molecule has 2 fully saturated rings. The molecule has 0 bridgehead atoms. The van der Waals surface area contributed by atoms with Gasteiger partial charge in [0.15, 0.2) is 5.60 Å². The summed E-state index contributed by atoms with van der Waals surface area (Å²) in [7, 11) is 0. The molecular weight excluding hydrogens is 234 g/mol. The molecule has 1 atom stereocenters. The first-order valence-corrected chi connectivity index (χ1v) is 6.76. The first-order chi connectivity index (χ1) is 8.49. The molecule has 104 valence electrons. The smallest absolute Gasteiger partial charge is 0.256 e. The van der Waals surface area contributed by atoms with Gasteiger partial charge in [0.05, 0.1) is 18.8 Å². The third-order valence-electron chi connectivity index (χ3n) is 4.07. The lowest BCUT2D eigenvalue weighted by atomic mass is 9.83. The van der Waals surface area contributed by atoms with Gasteiger partial charge >= 0.3 is 0 Å². The van der Waals surface area contributed by atoms with Crippen LogP contribution in [0.4, 0.5) is 0 Å². The SMILES string of the molecule is CC(O)(CO)C(=O)N1CCOC2(CCCCC2)C1. The summed E-state index contributed by atoms with van der Waals surface area (Å²) in [6.45, 7) is 2.38. The maximum atomic E-state index is 12.1. The molecule has 1 heterocycles. The Hall–Kier alpha value is -0.650. The Kier molecular flexibility index (Phi) is 3.94. The number of morpholine rings is 1. The van der Waals surface area contributed by atoms with E-state index in [2.05, 4.69) is 0 Å². The minimum absolute atomic E-state index is 0.211. The van der Waals surface area contributed by atoms with E-state index in [4.69, 9.17) is 9.84 Å². The standard InChI is InChI=1S/C13H23NO4/c1-12(17,10-15)11(16)14-7-8-18-13(9-14)5-3-2-4-6-13/h15,17H,2-10H2,1H3. The van der Waals surface area contributed by atoms with Gasteiger partial charge in [0.1, 0.15) is 0 Å². The maximum absolute atomic E-state index is 12.1. The van der Waals surface area contributed by atoms with E-state index in [1.54, 1.807) is 4.90 Å². The van der Waals surface area contributed by atoms with Gasteiger partial charge in [-0.3, -0.25) is 4.79 Å². The normalized spacial score (nSPS) is 26.9. The molecule has 18 heavy (non-hydrogen) atoms. The van der Waals surface area contributed by atoms with Crippen LogP contribution in [0.25, 0.3) is 0 Å². The van der Waals surface area contributed by atoms with Gasteiger partial charge in [-0.05, 0) is 19.8 Å². The molecule has 5 heteroatoms. The Morgan fingerprint density at radius 3 is 2.67 bits per heavy atom. The number of carbonyl (C=O) groups excluding carboxylic acids is 1. The average Bonchev–Trinajstić information content (AvgIpc) is 2.39. The maximum Gasteiger partial charge on any atom is 0.256 e. The lowest BCUT2D eigenvalue weighted by Crippen LogP contribution is -2.59. The van der Waals surface area contributed by atoms with Crippen molar-refractivity contribution in [2.75, 3.05) is 26.3 Å². The molecule has 0 aromatic carbocycles. The van der Waals surface area contributed by atoms with E-state index in [1.807, 2.05) is 0 Å². The van der Waals surface area contributed by atoms with Crippen molar-refractivity contribution in [2.24, 2.45) is 0 Å². The molecular formula is C13H23NO4. The summed E-state index contributed by atoms with van der Waals surface area (Å²) < 4.78 is 5.90. The third-order valence-corrected chi connectivity index (χ3v) is 4.07. The lowest BCUT2D eigenvalue weighted by molar-refractivity contribution is -0.173. The van der Waals surface area contributed by atoms with Crippen molar-refractivity contribution >= 4 is 5.91 Å². The number of amides is 1. The summed E-state index contributed by atoms with van der Waals surface area (Å²) in [4.78, 5) is 13.8. The van der Waals surface area contributed by atoms with Crippen molar-refractivity contribution in [1.29, 1.82) is 0 Å². The van der Waals surface area contributed by atoms with Crippen LogP contribution in [0.2, 0.25) is 0 Å². The van der Waals surface area contributed by atoms with Crippen molar-refractivity contribution < 1.29 is 19.7 Å². The fourth-order valence-corrected chi connectivity index (χ4v) is 2.93. The van der Waals surface area contributed by atoms with Crippen molar-refractivity contribution in [1.82, 2.24) is 4.90 Å². The number of rotatable bonds is 2. The van der Waals surface area contributed by atoms with Crippen molar-refractivity contribution in [3.8, 4) is 0 Å². The predicted octanol–water partition coefficient (Wildman–Crippen LogP) is 0.291. The zero-order valence-corrected chi connectivity index (χ0v) is 11.0. The molecule has 2 N–H and O–H groups in total. The number of carbonyl (C=O) groups is 1. The molecule has 0 aromatic rings. The van der Waals surface area contributed by atoms with Crippen LogP contribution in [-0.2, 0) is 9.53 Å². The van der Waals surface area contributed by atoms with Crippen molar-refractivity contribution in [2.45, 2.75) is 50.2 Å². The summed E-state index contributed by atoms with van der Waals surface area (Å²) in [5.74, 6) is -0.391. The van der Waals surface area contributed by atoms with Gasteiger partial charge in [-0.2, -0.15) is 0 Å². The van der Waals surface area contributed by atoms with Crippen LogP contribution in [0, 0.1) is 0 Å². The minimum Gasteiger partial charge on any atom is -0.393 e. The largest absolute Gasteiger partial charge is 0.393 e.